The Morgan fingerprint density at radius 2 is 1.46 bits per heavy atom. The minimum absolute atomic E-state index is 0.0451. The number of anilines is 1. The van der Waals surface area contributed by atoms with Gasteiger partial charge in [0.1, 0.15) is 17.2 Å². The molecule has 294 valence electrons. The van der Waals surface area contributed by atoms with Gasteiger partial charge in [-0.1, -0.05) is 109 Å². The van der Waals surface area contributed by atoms with E-state index in [1.165, 1.54) is 38.9 Å². The van der Waals surface area contributed by atoms with Crippen LogP contribution in [0, 0.1) is 5.92 Å². The van der Waals surface area contributed by atoms with Crippen LogP contribution in [-0.4, -0.2) is 38.5 Å². The van der Waals surface area contributed by atoms with Gasteiger partial charge in [0.2, 0.25) is 0 Å². The molecule has 1 N–H and O–H groups in total. The quantitative estimate of drug-likeness (QED) is 0.183. The minimum atomic E-state index is -0.955. The first-order valence-corrected chi connectivity index (χ1v) is 21.3. The number of hydrogen-bond donors (Lipinski definition) is 1. The zero-order chi connectivity index (χ0) is 39.6. The number of hydrogen-bond acceptors (Lipinski definition) is 5. The second-order valence-corrected chi connectivity index (χ2v) is 17.1. The van der Waals surface area contributed by atoms with Gasteiger partial charge in [-0.3, -0.25) is 0 Å². The summed E-state index contributed by atoms with van der Waals surface area (Å²) in [4.78, 5) is 2.38. The molecule has 1 saturated heterocycles. The summed E-state index contributed by atoms with van der Waals surface area (Å²) in [5.74, 6) is 2.34. The molecule has 11 rings (SSSR count). The molecule has 6 aromatic carbocycles. The number of morpholine rings is 1. The lowest BCUT2D eigenvalue weighted by atomic mass is 9.53. The Hall–Kier alpha value is -6.04. The highest BCUT2D eigenvalue weighted by Crippen LogP contribution is 2.65. The molecular formula is C54H49NO4. The van der Waals surface area contributed by atoms with Crippen LogP contribution in [-0.2, 0) is 21.2 Å². The molecule has 5 nitrogen and oxygen atoms in total. The second-order valence-electron chi connectivity index (χ2n) is 17.1. The van der Waals surface area contributed by atoms with Crippen molar-refractivity contribution in [2.24, 2.45) is 5.92 Å². The molecule has 3 aliphatic carbocycles. The van der Waals surface area contributed by atoms with E-state index in [4.69, 9.17) is 14.2 Å². The first kappa shape index (κ1) is 36.1. The maximum Gasteiger partial charge on any atom is 0.178 e. The fraction of sp³-hybridized carbons (Fsp3) is 0.259. The summed E-state index contributed by atoms with van der Waals surface area (Å²) in [5, 5.41) is 12.7. The van der Waals surface area contributed by atoms with E-state index in [2.05, 4.69) is 138 Å². The highest BCUT2D eigenvalue weighted by atomic mass is 16.5. The van der Waals surface area contributed by atoms with Crippen molar-refractivity contribution >= 4 is 22.5 Å². The lowest BCUT2D eigenvalue weighted by molar-refractivity contribution is 0.122. The fourth-order valence-corrected chi connectivity index (χ4v) is 11.5. The molecule has 5 aliphatic rings. The topological polar surface area (TPSA) is 51.2 Å². The third kappa shape index (κ3) is 5.54. The number of phenols is 1. The van der Waals surface area contributed by atoms with Gasteiger partial charge in [-0.2, -0.15) is 0 Å². The molecule has 6 aromatic rings. The van der Waals surface area contributed by atoms with Crippen molar-refractivity contribution in [1.82, 2.24) is 0 Å². The molecule has 2 aliphatic heterocycles. The van der Waals surface area contributed by atoms with Gasteiger partial charge < -0.3 is 24.2 Å². The number of allylic oxidation sites excluding steroid dienone is 4. The van der Waals surface area contributed by atoms with Crippen LogP contribution in [0.2, 0.25) is 0 Å². The summed E-state index contributed by atoms with van der Waals surface area (Å²) in [5.41, 5.74) is 10.1. The Balaban J connectivity index is 1.11. The van der Waals surface area contributed by atoms with E-state index in [0.717, 1.165) is 92.0 Å². The summed E-state index contributed by atoms with van der Waals surface area (Å²) in [7, 11) is 1.74. The van der Waals surface area contributed by atoms with E-state index >= 15 is 0 Å². The number of ether oxygens (including phenoxy) is 3. The van der Waals surface area contributed by atoms with Crippen LogP contribution in [0.1, 0.15) is 65.5 Å². The number of fused-ring (bicyclic) bond motifs is 10. The smallest absolute Gasteiger partial charge is 0.178 e. The Morgan fingerprint density at radius 1 is 0.729 bits per heavy atom. The van der Waals surface area contributed by atoms with Crippen LogP contribution in [0.4, 0.5) is 5.69 Å². The van der Waals surface area contributed by atoms with Crippen molar-refractivity contribution in [2.75, 3.05) is 38.3 Å². The first-order valence-electron chi connectivity index (χ1n) is 21.3. The van der Waals surface area contributed by atoms with Crippen LogP contribution in [0.3, 0.4) is 0 Å². The molecule has 2 heterocycles. The molecule has 1 saturated carbocycles. The van der Waals surface area contributed by atoms with Crippen molar-refractivity contribution in [2.45, 2.75) is 48.5 Å². The zero-order valence-corrected chi connectivity index (χ0v) is 33.6. The van der Waals surface area contributed by atoms with E-state index in [0.29, 0.717) is 5.92 Å². The van der Waals surface area contributed by atoms with Gasteiger partial charge in [-0.15, -0.1) is 0 Å². The number of aromatic hydroxyl groups is 1. The Labute approximate surface area is 346 Å². The normalized spacial score (nSPS) is 25.4. The third-order valence-electron chi connectivity index (χ3n) is 14.4. The van der Waals surface area contributed by atoms with E-state index in [1.807, 2.05) is 12.1 Å². The summed E-state index contributed by atoms with van der Waals surface area (Å²) in [6.45, 7) is 3.21. The Morgan fingerprint density at radius 3 is 2.19 bits per heavy atom. The molecule has 1 spiro atoms. The molecule has 0 radical (unpaired) electrons. The third-order valence-corrected chi connectivity index (χ3v) is 14.4. The van der Waals surface area contributed by atoms with Crippen molar-refractivity contribution in [3.8, 4) is 28.4 Å². The number of benzene rings is 6. The van der Waals surface area contributed by atoms with Crippen molar-refractivity contribution in [1.29, 1.82) is 0 Å². The average Bonchev–Trinajstić information content (AvgIpc) is 3.59. The largest absolute Gasteiger partial charge is 0.508 e. The minimum Gasteiger partial charge on any atom is -0.508 e. The predicted octanol–water partition coefficient (Wildman–Crippen LogP) is 11.7. The molecule has 5 heteroatoms. The van der Waals surface area contributed by atoms with Gasteiger partial charge in [0, 0.05) is 51.7 Å². The monoisotopic (exact) mass is 775 g/mol. The molecule has 2 atom stereocenters. The SMILES string of the molecule is COc1ccc2c3c(c4c(c2c1)OC(c1ccc(O)cc1)(c1ccc(N2CCOCC2)cc1)C=C4)C1(CCC(c2ccccc2)(C2C=CC=CC2)CC1)c1ccccc1-3. The first-order chi connectivity index (χ1) is 29.0. The number of phenolic OH excluding ortho intramolecular Hbond substituents is 1. The van der Waals surface area contributed by atoms with Gasteiger partial charge in [-0.25, -0.2) is 0 Å². The maximum absolute atomic E-state index is 10.5. The highest BCUT2D eigenvalue weighted by Gasteiger charge is 2.54. The van der Waals surface area contributed by atoms with Gasteiger partial charge >= 0.3 is 0 Å². The Bertz CT molecular complexity index is 2640. The van der Waals surface area contributed by atoms with Crippen LogP contribution in [0.15, 0.2) is 152 Å². The molecule has 59 heavy (non-hydrogen) atoms. The lowest BCUT2D eigenvalue weighted by Gasteiger charge is -2.50. The van der Waals surface area contributed by atoms with E-state index in [1.54, 1.807) is 19.2 Å². The summed E-state index contributed by atoms with van der Waals surface area (Å²) >= 11 is 0. The fourth-order valence-electron chi connectivity index (χ4n) is 11.5. The molecular weight excluding hydrogens is 727 g/mol. The number of rotatable bonds is 6. The highest BCUT2D eigenvalue weighted by molar-refractivity contribution is 6.09. The molecule has 2 unspecified atom stereocenters. The van der Waals surface area contributed by atoms with Crippen LogP contribution < -0.4 is 14.4 Å². The molecule has 0 amide bonds. The lowest BCUT2D eigenvalue weighted by Crippen LogP contribution is -2.44. The van der Waals surface area contributed by atoms with Crippen LogP contribution in [0.25, 0.3) is 28.0 Å². The zero-order valence-electron chi connectivity index (χ0n) is 33.6. The van der Waals surface area contributed by atoms with E-state index in [9.17, 15) is 5.11 Å². The molecule has 2 fully saturated rings. The van der Waals surface area contributed by atoms with Gasteiger partial charge in [-0.05, 0) is 120 Å². The average molecular weight is 776 g/mol. The Kier molecular flexibility index (Phi) is 8.60. The van der Waals surface area contributed by atoms with Gasteiger partial charge in [0.15, 0.2) is 5.60 Å². The van der Waals surface area contributed by atoms with Crippen LogP contribution >= 0.6 is 0 Å². The van der Waals surface area contributed by atoms with E-state index in [-0.39, 0.29) is 16.6 Å². The van der Waals surface area contributed by atoms with Crippen molar-refractivity contribution in [3.63, 3.8) is 0 Å². The number of nitrogens with zero attached hydrogens (tertiary/aromatic N) is 1. The summed E-state index contributed by atoms with van der Waals surface area (Å²) < 4.78 is 19.3. The maximum atomic E-state index is 10.5. The molecule has 0 aromatic heterocycles. The summed E-state index contributed by atoms with van der Waals surface area (Å²) in [6.07, 6.45) is 19.2. The summed E-state index contributed by atoms with van der Waals surface area (Å²) in [6, 6.07) is 43.4. The van der Waals surface area contributed by atoms with Gasteiger partial charge in [0.25, 0.3) is 0 Å². The van der Waals surface area contributed by atoms with Crippen molar-refractivity contribution in [3.05, 3.63) is 185 Å². The van der Waals surface area contributed by atoms with Crippen LogP contribution in [0.5, 0.6) is 17.2 Å². The predicted molar refractivity (Wildman–Crippen MR) is 238 cm³/mol. The second kappa shape index (κ2) is 14.1. The standard InChI is InChI=1S/C54H49NO4/c1-57-43-24-25-44-47(36-43)51-46(26-27-54(59-51,40-18-22-42(56)23-19-40)39-16-20-41(21-17-39)55-32-34-58-35-33-55)50-49(44)45-14-8-9-15-48(45)53(50)30-28-52(29-31-53,37-10-4-2-5-11-37)38-12-6-3-7-13-38/h2-12,14-27,36,38,56H,13,28-35H2,1H3. The molecule has 0 bridgehead atoms. The van der Waals surface area contributed by atoms with E-state index < -0.39 is 5.60 Å². The van der Waals surface area contributed by atoms with Crippen molar-refractivity contribution < 1.29 is 19.3 Å². The van der Waals surface area contributed by atoms with Gasteiger partial charge in [0.05, 0.1) is 20.3 Å². The number of methoxy groups -OCH3 is 1.